The van der Waals surface area contributed by atoms with Crippen LogP contribution in [0.1, 0.15) is 26.2 Å². The summed E-state index contributed by atoms with van der Waals surface area (Å²) in [4.78, 5) is 16.7. The number of likely N-dealkylation sites (N-methyl/N-ethyl adjacent to an activating group) is 1. The largest absolute Gasteiger partial charge is 0.465 e. The number of sulfonamides is 1. The van der Waals surface area contributed by atoms with Gasteiger partial charge in [0.25, 0.3) is 0 Å². The van der Waals surface area contributed by atoms with Gasteiger partial charge in [-0.3, -0.25) is 9.78 Å². The maximum atomic E-state index is 13.2. The summed E-state index contributed by atoms with van der Waals surface area (Å²) in [5.74, 6) is -0.476. The summed E-state index contributed by atoms with van der Waals surface area (Å²) < 4.78 is 32.6. The van der Waals surface area contributed by atoms with E-state index in [1.165, 1.54) is 17.4 Å². The number of nitrogens with zero attached hydrogens (tertiary/aromatic N) is 2. The van der Waals surface area contributed by atoms with Crippen LogP contribution in [0.15, 0.2) is 41.4 Å². The van der Waals surface area contributed by atoms with Gasteiger partial charge in [0.05, 0.1) is 12.1 Å². The number of esters is 1. The molecule has 0 saturated heterocycles. The molecule has 0 aliphatic heterocycles. The molecule has 1 fully saturated rings. The predicted octanol–water partition coefficient (Wildman–Crippen LogP) is 2.34. The Morgan fingerprint density at radius 1 is 1.29 bits per heavy atom. The molecule has 128 valence electrons. The minimum Gasteiger partial charge on any atom is -0.465 e. The number of carbonyl (C=O) groups is 1. The van der Waals surface area contributed by atoms with Crippen LogP contribution in [0, 0.1) is 0 Å². The molecule has 2 aromatic rings. The molecular weight excluding hydrogens is 328 g/mol. The van der Waals surface area contributed by atoms with Crippen LogP contribution >= 0.6 is 0 Å². The van der Waals surface area contributed by atoms with Crippen LogP contribution in [0.4, 0.5) is 0 Å². The van der Waals surface area contributed by atoms with E-state index in [0.717, 1.165) is 11.8 Å². The summed E-state index contributed by atoms with van der Waals surface area (Å²) in [5.41, 5.74) is -0.698. The van der Waals surface area contributed by atoms with Crippen LogP contribution < -0.4 is 0 Å². The quantitative estimate of drug-likeness (QED) is 0.775. The highest BCUT2D eigenvalue weighted by atomic mass is 32.2. The molecule has 1 aliphatic carbocycles. The van der Waals surface area contributed by atoms with Crippen molar-refractivity contribution in [3.8, 4) is 0 Å². The Labute approximate surface area is 141 Å². The lowest BCUT2D eigenvalue weighted by Crippen LogP contribution is -2.60. The summed E-state index contributed by atoms with van der Waals surface area (Å²) in [5, 5.41) is 0.741. The number of fused-ring (bicyclic) bond motifs is 1. The molecule has 0 bridgehead atoms. The molecule has 1 saturated carbocycles. The van der Waals surface area contributed by atoms with E-state index in [4.69, 9.17) is 4.74 Å². The SMILES string of the molecule is CCOC(=O)C1(N(C)S(=O)(=O)c2cccc3cccnc23)CCC1. The Balaban J connectivity index is 2.08. The van der Waals surface area contributed by atoms with E-state index in [0.29, 0.717) is 18.4 Å². The fourth-order valence-electron chi connectivity index (χ4n) is 3.09. The minimum atomic E-state index is -3.88. The maximum Gasteiger partial charge on any atom is 0.327 e. The highest BCUT2D eigenvalue weighted by molar-refractivity contribution is 7.89. The van der Waals surface area contributed by atoms with Crippen molar-refractivity contribution in [1.29, 1.82) is 0 Å². The zero-order valence-corrected chi connectivity index (χ0v) is 14.5. The molecule has 24 heavy (non-hydrogen) atoms. The average Bonchev–Trinajstić information content (AvgIpc) is 2.53. The maximum absolute atomic E-state index is 13.2. The van der Waals surface area contributed by atoms with E-state index in [1.807, 2.05) is 12.1 Å². The first-order valence-corrected chi connectivity index (χ1v) is 9.37. The number of aromatic nitrogens is 1. The van der Waals surface area contributed by atoms with Gasteiger partial charge in [-0.25, -0.2) is 8.42 Å². The summed E-state index contributed by atoms with van der Waals surface area (Å²) >= 11 is 0. The van der Waals surface area contributed by atoms with Gasteiger partial charge in [-0.05, 0) is 38.3 Å². The first kappa shape index (κ1) is 16.9. The van der Waals surface area contributed by atoms with E-state index < -0.39 is 21.5 Å². The minimum absolute atomic E-state index is 0.110. The number of rotatable bonds is 5. The Kier molecular flexibility index (Phi) is 4.31. The van der Waals surface area contributed by atoms with Gasteiger partial charge < -0.3 is 4.74 Å². The molecule has 6 nitrogen and oxygen atoms in total. The van der Waals surface area contributed by atoms with Crippen LogP contribution in [0.25, 0.3) is 10.9 Å². The van der Waals surface area contributed by atoms with Crippen LogP contribution in [-0.2, 0) is 19.6 Å². The Hall–Kier alpha value is -1.99. The number of carbonyl (C=O) groups excluding carboxylic acids is 1. The fourth-order valence-corrected chi connectivity index (χ4v) is 4.76. The molecule has 0 unspecified atom stereocenters. The van der Waals surface area contributed by atoms with Gasteiger partial charge in [-0.1, -0.05) is 18.2 Å². The third kappa shape index (κ3) is 2.48. The van der Waals surface area contributed by atoms with E-state index in [2.05, 4.69) is 4.98 Å². The Morgan fingerprint density at radius 2 is 2.00 bits per heavy atom. The lowest BCUT2D eigenvalue weighted by molar-refractivity contribution is -0.159. The van der Waals surface area contributed by atoms with Gasteiger partial charge in [0.2, 0.25) is 10.0 Å². The lowest BCUT2D eigenvalue weighted by Gasteiger charge is -2.44. The number of benzene rings is 1. The van der Waals surface area contributed by atoms with Crippen LogP contribution in [0.3, 0.4) is 0 Å². The van der Waals surface area contributed by atoms with Crippen LogP contribution in [-0.4, -0.2) is 42.9 Å². The lowest BCUT2D eigenvalue weighted by atomic mass is 9.77. The monoisotopic (exact) mass is 348 g/mol. The molecule has 0 amide bonds. The van der Waals surface area contributed by atoms with E-state index in [9.17, 15) is 13.2 Å². The van der Waals surface area contributed by atoms with Crippen molar-refractivity contribution in [1.82, 2.24) is 9.29 Å². The molecule has 1 aromatic carbocycles. The average molecular weight is 348 g/mol. The van der Waals surface area contributed by atoms with E-state index in [1.54, 1.807) is 25.3 Å². The summed E-state index contributed by atoms with van der Waals surface area (Å²) in [6.07, 6.45) is 3.30. The van der Waals surface area contributed by atoms with Crippen molar-refractivity contribution in [2.75, 3.05) is 13.7 Å². The highest BCUT2D eigenvalue weighted by Gasteiger charge is 2.53. The topological polar surface area (TPSA) is 76.6 Å². The van der Waals surface area contributed by atoms with Crippen molar-refractivity contribution in [3.05, 3.63) is 36.5 Å². The smallest absolute Gasteiger partial charge is 0.327 e. The van der Waals surface area contributed by atoms with Gasteiger partial charge in [0.15, 0.2) is 0 Å². The predicted molar refractivity (Wildman–Crippen MR) is 89.9 cm³/mol. The second-order valence-corrected chi connectivity index (χ2v) is 7.85. The van der Waals surface area contributed by atoms with Gasteiger partial charge in [-0.2, -0.15) is 4.31 Å². The first-order valence-electron chi connectivity index (χ1n) is 7.93. The zero-order chi connectivity index (χ0) is 17.4. The van der Waals surface area contributed by atoms with Crippen LogP contribution in [0.2, 0.25) is 0 Å². The Morgan fingerprint density at radius 3 is 2.62 bits per heavy atom. The van der Waals surface area contributed by atoms with Gasteiger partial charge in [-0.15, -0.1) is 0 Å². The second kappa shape index (κ2) is 6.14. The Bertz CT molecular complexity index is 870. The zero-order valence-electron chi connectivity index (χ0n) is 13.7. The normalized spacial score (nSPS) is 16.8. The molecule has 7 heteroatoms. The summed E-state index contributed by atoms with van der Waals surface area (Å²) in [7, 11) is -2.43. The number of hydrogen-bond donors (Lipinski definition) is 0. The molecule has 0 radical (unpaired) electrons. The third-order valence-electron chi connectivity index (χ3n) is 4.67. The number of pyridine rings is 1. The van der Waals surface area contributed by atoms with Crippen LogP contribution in [0.5, 0.6) is 0 Å². The summed E-state index contributed by atoms with van der Waals surface area (Å²) in [6, 6.07) is 8.59. The second-order valence-electron chi connectivity index (χ2n) is 5.91. The van der Waals surface area contributed by atoms with Crippen molar-refractivity contribution in [3.63, 3.8) is 0 Å². The van der Waals surface area contributed by atoms with Gasteiger partial charge in [0, 0.05) is 18.6 Å². The van der Waals surface area contributed by atoms with Crippen molar-refractivity contribution >= 4 is 26.9 Å². The molecule has 0 atom stereocenters. The molecule has 1 heterocycles. The molecule has 1 aromatic heterocycles. The molecule has 1 aliphatic rings. The molecular formula is C17H20N2O4S. The number of para-hydroxylation sites is 1. The first-order chi connectivity index (χ1) is 11.4. The standard InChI is InChI=1S/C17H20N2O4S/c1-3-23-16(20)17(10-6-11-17)19(2)24(21,22)14-9-4-7-13-8-5-12-18-15(13)14/h4-5,7-9,12H,3,6,10-11H2,1-2H3. The van der Waals surface area contributed by atoms with E-state index >= 15 is 0 Å². The van der Waals surface area contributed by atoms with Crippen molar-refractivity contribution in [2.24, 2.45) is 0 Å². The van der Waals surface area contributed by atoms with Gasteiger partial charge in [0.1, 0.15) is 10.4 Å². The van der Waals surface area contributed by atoms with Crippen molar-refractivity contribution < 1.29 is 17.9 Å². The molecule has 0 spiro atoms. The highest BCUT2D eigenvalue weighted by Crippen LogP contribution is 2.41. The third-order valence-corrected chi connectivity index (χ3v) is 6.63. The molecule has 3 rings (SSSR count). The summed E-state index contributed by atoms with van der Waals surface area (Å²) in [6.45, 7) is 1.94. The van der Waals surface area contributed by atoms with Crippen molar-refractivity contribution in [2.45, 2.75) is 36.6 Å². The number of hydrogen-bond acceptors (Lipinski definition) is 5. The van der Waals surface area contributed by atoms with E-state index in [-0.39, 0.29) is 11.5 Å². The van der Waals surface area contributed by atoms with Gasteiger partial charge >= 0.3 is 5.97 Å². The fraction of sp³-hybridized carbons (Fsp3) is 0.412. The molecule has 0 N–H and O–H groups in total. The number of ether oxygens (including phenoxy) is 1.